The van der Waals surface area contributed by atoms with E-state index >= 15 is 0 Å². The Kier molecular flexibility index (Phi) is 5.76. The average molecular weight is 466 g/mol. The molecule has 3 aromatic rings. The van der Waals surface area contributed by atoms with Crippen molar-refractivity contribution in [3.05, 3.63) is 65.5 Å². The topological polar surface area (TPSA) is 97.2 Å². The highest BCUT2D eigenvalue weighted by Crippen LogP contribution is 2.39. The molecule has 9 heteroatoms. The van der Waals surface area contributed by atoms with Crippen LogP contribution in [0.5, 0.6) is 0 Å². The Bertz CT molecular complexity index is 1270. The largest absolute Gasteiger partial charge is 0.322 e. The molecule has 5 rings (SSSR count). The Balaban J connectivity index is 1.22. The van der Waals surface area contributed by atoms with Crippen molar-refractivity contribution in [3.63, 3.8) is 0 Å². The van der Waals surface area contributed by atoms with Gasteiger partial charge in [-0.05, 0) is 54.8 Å². The molecule has 2 aliphatic rings. The van der Waals surface area contributed by atoms with Crippen molar-refractivity contribution in [3.8, 4) is 11.4 Å². The highest BCUT2D eigenvalue weighted by molar-refractivity contribution is 7.91. The van der Waals surface area contributed by atoms with E-state index in [1.165, 1.54) is 12.8 Å². The minimum atomic E-state index is -2.90. The minimum Gasteiger partial charge on any atom is -0.322 e. The van der Waals surface area contributed by atoms with E-state index in [-0.39, 0.29) is 17.4 Å². The lowest BCUT2D eigenvalue weighted by atomic mass is 10.1. The fourth-order valence-corrected chi connectivity index (χ4v) is 5.38. The second-order valence-corrected chi connectivity index (χ2v) is 11.2. The minimum absolute atomic E-state index is 0.183. The summed E-state index contributed by atoms with van der Waals surface area (Å²) in [6.45, 7) is 1.68. The van der Waals surface area contributed by atoms with Crippen LogP contribution in [-0.4, -0.2) is 58.6 Å². The SMILES string of the molecule is Cn1nc(-c2ccc(NC(=O)c3cccc(CN4CCS(=O)(=O)CC4)c3)cc2)nc1C1CC1. The Morgan fingerprint density at radius 1 is 1.09 bits per heavy atom. The van der Waals surface area contributed by atoms with Crippen molar-refractivity contribution in [1.29, 1.82) is 0 Å². The molecule has 0 atom stereocenters. The summed E-state index contributed by atoms with van der Waals surface area (Å²) in [5, 5.41) is 7.47. The molecule has 1 N–H and O–H groups in total. The molecule has 2 heterocycles. The van der Waals surface area contributed by atoms with Crippen LogP contribution in [0.4, 0.5) is 5.69 Å². The van der Waals surface area contributed by atoms with Gasteiger partial charge in [-0.25, -0.2) is 13.4 Å². The molecule has 8 nitrogen and oxygen atoms in total. The van der Waals surface area contributed by atoms with Gasteiger partial charge in [-0.15, -0.1) is 0 Å². The molecule has 1 aliphatic carbocycles. The number of hydrogen-bond donors (Lipinski definition) is 1. The van der Waals surface area contributed by atoms with Crippen molar-refractivity contribution in [2.24, 2.45) is 7.05 Å². The summed E-state index contributed by atoms with van der Waals surface area (Å²) in [5.74, 6) is 2.48. The van der Waals surface area contributed by atoms with Crippen LogP contribution in [0, 0.1) is 0 Å². The number of benzene rings is 2. The summed E-state index contributed by atoms with van der Waals surface area (Å²) in [5.41, 5.74) is 3.18. The molecule has 1 saturated carbocycles. The Morgan fingerprint density at radius 3 is 2.52 bits per heavy atom. The van der Waals surface area contributed by atoms with Crippen molar-refractivity contribution in [2.75, 3.05) is 29.9 Å². The fourth-order valence-electron chi connectivity index (χ4n) is 4.10. The number of carbonyl (C=O) groups excluding carboxylic acids is 1. The maximum atomic E-state index is 12.8. The van der Waals surface area contributed by atoms with Gasteiger partial charge < -0.3 is 5.32 Å². The summed E-state index contributed by atoms with van der Waals surface area (Å²) >= 11 is 0. The van der Waals surface area contributed by atoms with E-state index in [1.54, 1.807) is 6.07 Å². The standard InChI is InChI=1S/C24H27N5O3S/c1-28-23(19-5-6-19)26-22(27-28)18-7-9-21(10-8-18)25-24(30)20-4-2-3-17(15-20)16-29-11-13-33(31,32)14-12-29/h2-4,7-10,15,19H,5-6,11-14,16H2,1H3,(H,25,30). The van der Waals surface area contributed by atoms with E-state index in [9.17, 15) is 13.2 Å². The fraction of sp³-hybridized carbons (Fsp3) is 0.375. The maximum Gasteiger partial charge on any atom is 0.255 e. The second-order valence-electron chi connectivity index (χ2n) is 8.85. The number of hydrogen-bond acceptors (Lipinski definition) is 6. The zero-order chi connectivity index (χ0) is 23.0. The van der Waals surface area contributed by atoms with Crippen LogP contribution in [0.15, 0.2) is 48.5 Å². The summed E-state index contributed by atoms with van der Waals surface area (Å²) < 4.78 is 25.1. The van der Waals surface area contributed by atoms with E-state index in [0.717, 1.165) is 17.0 Å². The van der Waals surface area contributed by atoms with Crippen LogP contribution in [0.2, 0.25) is 0 Å². The number of amides is 1. The molecule has 2 fully saturated rings. The van der Waals surface area contributed by atoms with Crippen molar-refractivity contribution >= 4 is 21.4 Å². The van der Waals surface area contributed by atoms with Gasteiger partial charge in [-0.1, -0.05) is 12.1 Å². The average Bonchev–Trinajstić information content (AvgIpc) is 3.57. The first kappa shape index (κ1) is 21.8. The highest BCUT2D eigenvalue weighted by Gasteiger charge is 2.29. The van der Waals surface area contributed by atoms with Gasteiger partial charge in [0, 0.05) is 49.4 Å². The lowest BCUT2D eigenvalue weighted by Gasteiger charge is -2.26. The van der Waals surface area contributed by atoms with Crippen LogP contribution in [0.3, 0.4) is 0 Å². The molecule has 2 aromatic carbocycles. The quantitative estimate of drug-likeness (QED) is 0.601. The van der Waals surface area contributed by atoms with Gasteiger partial charge in [-0.3, -0.25) is 14.4 Å². The van der Waals surface area contributed by atoms with Gasteiger partial charge in [0.15, 0.2) is 15.7 Å². The molecular formula is C24H27N5O3S. The summed E-state index contributed by atoms with van der Waals surface area (Å²) in [7, 11) is -0.971. The van der Waals surface area contributed by atoms with Crippen LogP contribution in [-0.2, 0) is 23.4 Å². The van der Waals surface area contributed by atoms with E-state index in [4.69, 9.17) is 0 Å². The first-order valence-electron chi connectivity index (χ1n) is 11.2. The number of aromatic nitrogens is 3. The zero-order valence-corrected chi connectivity index (χ0v) is 19.4. The normalized spacial score (nSPS) is 18.2. The van der Waals surface area contributed by atoms with Gasteiger partial charge in [-0.2, -0.15) is 5.10 Å². The van der Waals surface area contributed by atoms with E-state index in [2.05, 4.69) is 20.3 Å². The Hall–Kier alpha value is -3.04. The second kappa shape index (κ2) is 8.72. The van der Waals surface area contributed by atoms with Gasteiger partial charge in [0.05, 0.1) is 11.5 Å². The molecule has 0 radical (unpaired) electrons. The van der Waals surface area contributed by atoms with Crippen LogP contribution in [0.25, 0.3) is 11.4 Å². The van der Waals surface area contributed by atoms with Gasteiger partial charge in [0.2, 0.25) is 0 Å². The molecule has 1 aliphatic heterocycles. The van der Waals surface area contributed by atoms with Crippen molar-refractivity contribution in [2.45, 2.75) is 25.3 Å². The first-order chi connectivity index (χ1) is 15.9. The predicted octanol–water partition coefficient (Wildman–Crippen LogP) is 2.84. The van der Waals surface area contributed by atoms with Gasteiger partial charge >= 0.3 is 0 Å². The van der Waals surface area contributed by atoms with E-state index in [0.29, 0.717) is 42.6 Å². The smallest absolute Gasteiger partial charge is 0.255 e. The molecule has 1 amide bonds. The van der Waals surface area contributed by atoms with Crippen LogP contribution < -0.4 is 5.32 Å². The number of nitrogens with one attached hydrogen (secondary N) is 1. The van der Waals surface area contributed by atoms with Crippen LogP contribution >= 0.6 is 0 Å². The zero-order valence-electron chi connectivity index (χ0n) is 18.6. The summed E-state index contributed by atoms with van der Waals surface area (Å²) in [4.78, 5) is 19.6. The van der Waals surface area contributed by atoms with E-state index < -0.39 is 9.84 Å². The molecule has 0 unspecified atom stereocenters. The number of aryl methyl sites for hydroxylation is 1. The molecule has 0 spiro atoms. The lowest BCUT2D eigenvalue weighted by Crippen LogP contribution is -2.39. The van der Waals surface area contributed by atoms with Crippen molar-refractivity contribution < 1.29 is 13.2 Å². The summed E-state index contributed by atoms with van der Waals surface area (Å²) in [6, 6.07) is 15.0. The van der Waals surface area contributed by atoms with Gasteiger partial charge in [0.25, 0.3) is 5.91 Å². The third-order valence-corrected chi connectivity index (χ3v) is 7.78. The highest BCUT2D eigenvalue weighted by atomic mass is 32.2. The first-order valence-corrected chi connectivity index (χ1v) is 13.0. The lowest BCUT2D eigenvalue weighted by molar-refractivity contribution is 0.102. The number of anilines is 1. The van der Waals surface area contributed by atoms with Crippen LogP contribution in [0.1, 0.15) is 40.5 Å². The number of carbonyl (C=O) groups is 1. The van der Waals surface area contributed by atoms with Gasteiger partial charge in [0.1, 0.15) is 5.82 Å². The number of rotatable bonds is 6. The van der Waals surface area contributed by atoms with E-state index in [1.807, 2.05) is 54.2 Å². The van der Waals surface area contributed by atoms with Crippen molar-refractivity contribution in [1.82, 2.24) is 19.7 Å². The number of nitrogens with zero attached hydrogens (tertiary/aromatic N) is 4. The number of sulfone groups is 1. The Morgan fingerprint density at radius 2 is 1.82 bits per heavy atom. The maximum absolute atomic E-state index is 12.8. The molecule has 33 heavy (non-hydrogen) atoms. The third-order valence-electron chi connectivity index (χ3n) is 6.17. The molecular weight excluding hydrogens is 438 g/mol. The Labute approximate surface area is 193 Å². The molecule has 1 aromatic heterocycles. The molecule has 172 valence electrons. The molecule has 0 bridgehead atoms. The predicted molar refractivity (Wildman–Crippen MR) is 127 cm³/mol. The summed E-state index contributed by atoms with van der Waals surface area (Å²) in [6.07, 6.45) is 2.36. The monoisotopic (exact) mass is 465 g/mol. The third kappa shape index (κ3) is 5.15. The molecule has 1 saturated heterocycles.